The van der Waals surface area contributed by atoms with Gasteiger partial charge in [0.25, 0.3) is 0 Å². The Kier molecular flexibility index (Phi) is 3.12. The highest BCUT2D eigenvalue weighted by molar-refractivity contribution is 5.56. The van der Waals surface area contributed by atoms with Crippen LogP contribution in [0.15, 0.2) is 12.1 Å². The highest BCUT2D eigenvalue weighted by Gasteiger charge is 2.62. The molecule has 2 saturated carbocycles. The number of nitrogens with two attached hydrogens (primary N) is 1. The zero-order valence-corrected chi connectivity index (χ0v) is 13.2. The Morgan fingerprint density at radius 2 is 1.95 bits per heavy atom. The van der Waals surface area contributed by atoms with Gasteiger partial charge < -0.3 is 15.2 Å². The van der Waals surface area contributed by atoms with Gasteiger partial charge in [0.15, 0.2) is 11.6 Å². The van der Waals surface area contributed by atoms with E-state index in [4.69, 9.17) is 15.2 Å². The van der Waals surface area contributed by atoms with Gasteiger partial charge in [0.1, 0.15) is 11.9 Å². The van der Waals surface area contributed by atoms with Crippen molar-refractivity contribution < 1.29 is 13.9 Å². The third-order valence-electron chi connectivity index (χ3n) is 6.27. The Hall–Kier alpha value is -1.45. The lowest BCUT2D eigenvalue weighted by atomic mass is 9.70. The van der Waals surface area contributed by atoms with E-state index < -0.39 is 5.82 Å². The molecule has 3 nitrogen and oxygen atoms in total. The summed E-state index contributed by atoms with van der Waals surface area (Å²) in [4.78, 5) is 0. The van der Waals surface area contributed by atoms with E-state index in [9.17, 15) is 4.39 Å². The molecule has 2 bridgehead atoms. The number of fused-ring (bicyclic) bond motifs is 2. The van der Waals surface area contributed by atoms with Gasteiger partial charge in [-0.15, -0.1) is 0 Å². The van der Waals surface area contributed by atoms with Crippen LogP contribution in [0.3, 0.4) is 0 Å². The van der Waals surface area contributed by atoms with Gasteiger partial charge >= 0.3 is 0 Å². The van der Waals surface area contributed by atoms with Crippen LogP contribution in [0.1, 0.15) is 40.0 Å². The normalized spacial score (nSPS) is 33.2. The van der Waals surface area contributed by atoms with Crippen molar-refractivity contribution in [3.8, 4) is 11.5 Å². The highest BCUT2D eigenvalue weighted by atomic mass is 19.1. The van der Waals surface area contributed by atoms with E-state index in [1.165, 1.54) is 19.6 Å². The number of benzene rings is 1. The monoisotopic (exact) mass is 293 g/mol. The first-order valence-corrected chi connectivity index (χ1v) is 7.59. The van der Waals surface area contributed by atoms with Crippen LogP contribution in [-0.4, -0.2) is 13.2 Å². The van der Waals surface area contributed by atoms with Gasteiger partial charge in [-0.1, -0.05) is 20.8 Å². The van der Waals surface area contributed by atoms with Gasteiger partial charge in [-0.25, -0.2) is 4.39 Å². The SMILES string of the molecule is COc1cc(OC2CC3CCC2(C)C3(C)C)c(F)cc1N. The molecule has 0 aromatic heterocycles. The molecule has 3 unspecified atom stereocenters. The van der Waals surface area contributed by atoms with Gasteiger partial charge in [-0.2, -0.15) is 0 Å². The molecule has 0 saturated heterocycles. The zero-order valence-electron chi connectivity index (χ0n) is 13.2. The molecular weight excluding hydrogens is 269 g/mol. The van der Waals surface area contributed by atoms with Crippen molar-refractivity contribution >= 4 is 5.69 Å². The van der Waals surface area contributed by atoms with Crippen LogP contribution in [-0.2, 0) is 0 Å². The van der Waals surface area contributed by atoms with Crippen molar-refractivity contribution in [1.29, 1.82) is 0 Å². The van der Waals surface area contributed by atoms with Crippen LogP contribution in [0.5, 0.6) is 11.5 Å². The topological polar surface area (TPSA) is 44.5 Å². The molecule has 4 heteroatoms. The Balaban J connectivity index is 1.89. The highest BCUT2D eigenvalue weighted by Crippen LogP contribution is 2.66. The number of hydrogen-bond acceptors (Lipinski definition) is 3. The fourth-order valence-corrected chi connectivity index (χ4v) is 4.28. The molecule has 0 spiro atoms. The summed E-state index contributed by atoms with van der Waals surface area (Å²) >= 11 is 0. The minimum absolute atomic E-state index is 0.0501. The van der Waals surface area contributed by atoms with Gasteiger partial charge in [-0.05, 0) is 30.6 Å². The quantitative estimate of drug-likeness (QED) is 0.856. The third-order valence-corrected chi connectivity index (χ3v) is 6.27. The molecule has 1 aromatic carbocycles. The minimum Gasteiger partial charge on any atom is -0.494 e. The van der Waals surface area contributed by atoms with E-state index in [0.717, 1.165) is 12.8 Å². The lowest BCUT2D eigenvalue weighted by molar-refractivity contribution is 0.0277. The van der Waals surface area contributed by atoms with Crippen LogP contribution in [0.2, 0.25) is 0 Å². The fraction of sp³-hybridized carbons (Fsp3) is 0.647. The number of anilines is 1. The Bertz CT molecular complexity index is 572. The zero-order chi connectivity index (χ0) is 15.4. The van der Waals surface area contributed by atoms with Gasteiger partial charge in [-0.3, -0.25) is 0 Å². The predicted octanol–water partition coefficient (Wildman–Crippen LogP) is 4.01. The van der Waals surface area contributed by atoms with Crippen molar-refractivity contribution in [3.63, 3.8) is 0 Å². The molecule has 21 heavy (non-hydrogen) atoms. The largest absolute Gasteiger partial charge is 0.494 e. The lowest BCUT2D eigenvalue weighted by Gasteiger charge is -2.38. The van der Waals surface area contributed by atoms with Crippen molar-refractivity contribution in [3.05, 3.63) is 17.9 Å². The Labute approximate surface area is 125 Å². The fourth-order valence-electron chi connectivity index (χ4n) is 4.28. The number of methoxy groups -OCH3 is 1. The van der Waals surface area contributed by atoms with E-state index in [1.54, 1.807) is 6.07 Å². The molecule has 0 amide bonds. The summed E-state index contributed by atoms with van der Waals surface area (Å²) in [6.45, 7) is 6.90. The van der Waals surface area contributed by atoms with Crippen LogP contribution < -0.4 is 15.2 Å². The summed E-state index contributed by atoms with van der Waals surface area (Å²) in [5.41, 5.74) is 6.35. The molecule has 116 valence electrons. The standard InChI is InChI=1S/C17H24FNO2/c1-16(2)10-5-6-17(16,3)15(7-10)21-13-9-14(20-4)12(19)8-11(13)18/h8-10,15H,5-7,19H2,1-4H3. The van der Waals surface area contributed by atoms with E-state index in [1.807, 2.05) is 0 Å². The second-order valence-corrected chi connectivity index (χ2v) is 7.24. The van der Waals surface area contributed by atoms with Crippen LogP contribution in [0, 0.1) is 22.6 Å². The summed E-state index contributed by atoms with van der Waals surface area (Å²) < 4.78 is 25.3. The maximum atomic E-state index is 14.1. The number of halogens is 1. The van der Waals surface area contributed by atoms with Crippen molar-refractivity contribution in [1.82, 2.24) is 0 Å². The molecule has 0 radical (unpaired) electrons. The van der Waals surface area contributed by atoms with Gasteiger partial charge in [0.05, 0.1) is 12.8 Å². The molecule has 0 aliphatic heterocycles. The number of ether oxygens (including phenoxy) is 2. The van der Waals surface area contributed by atoms with Crippen LogP contribution >= 0.6 is 0 Å². The molecule has 2 aliphatic carbocycles. The molecule has 2 aliphatic rings. The van der Waals surface area contributed by atoms with Gasteiger partial charge in [0, 0.05) is 17.5 Å². The summed E-state index contributed by atoms with van der Waals surface area (Å²) in [6.07, 6.45) is 3.43. The maximum absolute atomic E-state index is 14.1. The average molecular weight is 293 g/mol. The second-order valence-electron chi connectivity index (χ2n) is 7.24. The summed E-state index contributed by atoms with van der Waals surface area (Å²) in [5.74, 6) is 0.943. The van der Waals surface area contributed by atoms with E-state index in [0.29, 0.717) is 17.4 Å². The molecule has 1 aromatic rings. The van der Waals surface area contributed by atoms with Crippen LogP contribution in [0.25, 0.3) is 0 Å². The molecule has 3 atom stereocenters. The van der Waals surface area contributed by atoms with Crippen molar-refractivity contribution in [2.45, 2.75) is 46.1 Å². The summed E-state index contributed by atoms with van der Waals surface area (Å²) in [6, 6.07) is 2.84. The second kappa shape index (κ2) is 4.52. The first-order chi connectivity index (χ1) is 9.79. The maximum Gasteiger partial charge on any atom is 0.167 e. The van der Waals surface area contributed by atoms with Crippen molar-refractivity contribution in [2.75, 3.05) is 12.8 Å². The Morgan fingerprint density at radius 1 is 1.24 bits per heavy atom. The predicted molar refractivity (Wildman–Crippen MR) is 81.0 cm³/mol. The van der Waals surface area contributed by atoms with E-state index in [2.05, 4.69) is 20.8 Å². The first-order valence-electron chi connectivity index (χ1n) is 7.59. The summed E-state index contributed by atoms with van der Waals surface area (Å²) in [5, 5.41) is 0. The molecular formula is C17H24FNO2. The van der Waals surface area contributed by atoms with E-state index in [-0.39, 0.29) is 22.7 Å². The molecule has 0 heterocycles. The molecule has 2 N–H and O–H groups in total. The van der Waals surface area contributed by atoms with Gasteiger partial charge in [0.2, 0.25) is 0 Å². The molecule has 3 rings (SSSR count). The smallest absolute Gasteiger partial charge is 0.167 e. The lowest BCUT2D eigenvalue weighted by Crippen LogP contribution is -2.39. The summed E-state index contributed by atoms with van der Waals surface area (Å²) in [7, 11) is 1.52. The van der Waals surface area contributed by atoms with E-state index >= 15 is 0 Å². The Morgan fingerprint density at radius 3 is 2.48 bits per heavy atom. The number of hydrogen-bond donors (Lipinski definition) is 1. The van der Waals surface area contributed by atoms with Crippen LogP contribution in [0.4, 0.5) is 10.1 Å². The average Bonchev–Trinajstić information content (AvgIpc) is 2.75. The minimum atomic E-state index is -0.419. The van der Waals surface area contributed by atoms with Crippen molar-refractivity contribution in [2.24, 2.45) is 16.7 Å². The first kappa shape index (κ1) is 14.5. The molecule has 2 fully saturated rings. The number of nitrogen functional groups attached to an aromatic ring is 1. The number of rotatable bonds is 3. The third kappa shape index (κ3) is 1.91.